The van der Waals surface area contributed by atoms with Gasteiger partial charge in [0.15, 0.2) is 0 Å². The third kappa shape index (κ3) is 1.63. The molecule has 1 heterocycles. The number of anilines is 1. The van der Waals surface area contributed by atoms with Crippen molar-refractivity contribution < 1.29 is 5.11 Å². The van der Waals surface area contributed by atoms with Crippen LogP contribution in [0.4, 0.5) is 5.95 Å². The van der Waals surface area contributed by atoms with E-state index in [0.29, 0.717) is 6.04 Å². The van der Waals surface area contributed by atoms with E-state index in [0.717, 1.165) is 18.9 Å². The third-order valence-electron chi connectivity index (χ3n) is 3.58. The Balaban J connectivity index is 2.05. The Morgan fingerprint density at radius 3 is 2.93 bits per heavy atom. The highest BCUT2D eigenvalue weighted by Crippen LogP contribution is 2.41. The number of aromatic nitrogens is 2. The molecule has 0 spiro atoms. The molecule has 0 saturated heterocycles. The highest BCUT2D eigenvalue weighted by molar-refractivity contribution is 5.31. The Bertz CT molecular complexity index is 345. The Morgan fingerprint density at radius 1 is 1.67 bits per heavy atom. The molecule has 4 nitrogen and oxygen atoms in total. The second kappa shape index (κ2) is 3.52. The van der Waals surface area contributed by atoms with E-state index >= 15 is 0 Å². The molecule has 2 rings (SSSR count). The molecule has 1 saturated carbocycles. The summed E-state index contributed by atoms with van der Waals surface area (Å²) in [5.41, 5.74) is -0.0511. The van der Waals surface area contributed by atoms with Crippen LogP contribution < -0.4 is 5.32 Å². The van der Waals surface area contributed by atoms with E-state index in [2.05, 4.69) is 35.6 Å². The summed E-state index contributed by atoms with van der Waals surface area (Å²) in [5, 5.41) is 13.0. The molecular formula is C11H19N3O. The van der Waals surface area contributed by atoms with Gasteiger partial charge < -0.3 is 15.0 Å². The van der Waals surface area contributed by atoms with Crippen LogP contribution in [0.3, 0.4) is 0 Å². The summed E-state index contributed by atoms with van der Waals surface area (Å²) in [5.74, 6) is 0.905. The van der Waals surface area contributed by atoms with E-state index in [1.54, 1.807) is 6.20 Å². The highest BCUT2D eigenvalue weighted by atomic mass is 16.3. The van der Waals surface area contributed by atoms with Gasteiger partial charge in [0.25, 0.3) is 0 Å². The molecule has 2 unspecified atom stereocenters. The van der Waals surface area contributed by atoms with E-state index in [9.17, 15) is 5.11 Å². The number of imidazole rings is 1. The Hall–Kier alpha value is -1.03. The van der Waals surface area contributed by atoms with E-state index in [-0.39, 0.29) is 11.5 Å². The maximum atomic E-state index is 9.63. The monoisotopic (exact) mass is 209 g/mol. The molecule has 15 heavy (non-hydrogen) atoms. The second-order valence-corrected chi connectivity index (χ2v) is 4.81. The molecule has 0 bridgehead atoms. The zero-order chi connectivity index (χ0) is 11.1. The predicted molar refractivity (Wildman–Crippen MR) is 59.7 cm³/mol. The number of aryl methyl sites for hydroxylation is 1. The molecule has 0 radical (unpaired) electrons. The van der Waals surface area contributed by atoms with Crippen molar-refractivity contribution in [2.75, 3.05) is 5.32 Å². The van der Waals surface area contributed by atoms with Gasteiger partial charge in [-0.3, -0.25) is 0 Å². The second-order valence-electron chi connectivity index (χ2n) is 4.81. The van der Waals surface area contributed by atoms with Crippen molar-refractivity contribution in [3.8, 4) is 0 Å². The van der Waals surface area contributed by atoms with Crippen LogP contribution in [0.5, 0.6) is 0 Å². The van der Waals surface area contributed by atoms with E-state index in [4.69, 9.17) is 0 Å². The topological polar surface area (TPSA) is 50.1 Å². The molecule has 1 aliphatic carbocycles. The zero-order valence-electron chi connectivity index (χ0n) is 9.57. The first-order valence-corrected chi connectivity index (χ1v) is 5.51. The van der Waals surface area contributed by atoms with Crippen LogP contribution in [0.25, 0.3) is 0 Å². The minimum absolute atomic E-state index is 0.0511. The number of aliphatic hydroxyl groups excluding tert-OH is 1. The molecule has 84 valence electrons. The van der Waals surface area contributed by atoms with Crippen molar-refractivity contribution in [1.82, 2.24) is 9.55 Å². The fourth-order valence-electron chi connectivity index (χ4n) is 2.01. The fraction of sp³-hybridized carbons (Fsp3) is 0.727. The van der Waals surface area contributed by atoms with Crippen LogP contribution in [0.15, 0.2) is 12.4 Å². The van der Waals surface area contributed by atoms with Gasteiger partial charge in [0.2, 0.25) is 5.95 Å². The van der Waals surface area contributed by atoms with Crippen molar-refractivity contribution >= 4 is 5.95 Å². The number of nitrogens with one attached hydrogen (secondary N) is 1. The Kier molecular flexibility index (Phi) is 2.46. The molecule has 4 heteroatoms. The molecular weight excluding hydrogens is 190 g/mol. The molecule has 1 fully saturated rings. The van der Waals surface area contributed by atoms with Crippen LogP contribution in [0.1, 0.15) is 27.2 Å². The largest absolute Gasteiger partial charge is 0.392 e. The average molecular weight is 209 g/mol. The van der Waals surface area contributed by atoms with Crippen LogP contribution in [0, 0.1) is 5.41 Å². The molecule has 0 aromatic carbocycles. The van der Waals surface area contributed by atoms with Gasteiger partial charge in [-0.2, -0.15) is 0 Å². The molecule has 0 aliphatic heterocycles. The van der Waals surface area contributed by atoms with Gasteiger partial charge in [-0.15, -0.1) is 0 Å². The summed E-state index contributed by atoms with van der Waals surface area (Å²) < 4.78 is 2.07. The molecule has 1 aromatic rings. The first-order chi connectivity index (χ1) is 7.05. The minimum atomic E-state index is -0.194. The van der Waals surface area contributed by atoms with E-state index in [1.807, 2.05) is 6.20 Å². The summed E-state index contributed by atoms with van der Waals surface area (Å²) in [6, 6.07) is 0.320. The molecule has 2 N–H and O–H groups in total. The third-order valence-corrected chi connectivity index (χ3v) is 3.58. The molecule has 1 aliphatic rings. The van der Waals surface area contributed by atoms with Crippen molar-refractivity contribution in [3.05, 3.63) is 12.4 Å². The standard InChI is InChI=1S/C11H19N3O/c1-4-14-6-5-12-10(14)13-8-7-9(15)11(8,2)3/h5-6,8-9,15H,4,7H2,1-3H3,(H,12,13). The highest BCUT2D eigenvalue weighted by Gasteiger charge is 2.47. The minimum Gasteiger partial charge on any atom is -0.392 e. The predicted octanol–water partition coefficient (Wildman–Crippen LogP) is 1.47. The fourth-order valence-corrected chi connectivity index (χ4v) is 2.01. The number of hydrogen-bond donors (Lipinski definition) is 2. The van der Waals surface area contributed by atoms with Gasteiger partial charge in [0, 0.05) is 30.4 Å². The molecule has 0 amide bonds. The van der Waals surface area contributed by atoms with E-state index in [1.165, 1.54) is 0 Å². The summed E-state index contributed by atoms with van der Waals surface area (Å²) >= 11 is 0. The number of nitrogens with zero attached hydrogens (tertiary/aromatic N) is 2. The maximum Gasteiger partial charge on any atom is 0.202 e. The summed E-state index contributed by atoms with van der Waals surface area (Å²) in [7, 11) is 0. The number of aliphatic hydroxyl groups is 1. The van der Waals surface area contributed by atoms with Gasteiger partial charge >= 0.3 is 0 Å². The normalized spacial score (nSPS) is 28.5. The van der Waals surface area contributed by atoms with Crippen LogP contribution >= 0.6 is 0 Å². The van der Waals surface area contributed by atoms with Crippen LogP contribution in [0.2, 0.25) is 0 Å². The Labute approximate surface area is 90.3 Å². The number of hydrogen-bond acceptors (Lipinski definition) is 3. The lowest BCUT2D eigenvalue weighted by Gasteiger charge is -2.49. The van der Waals surface area contributed by atoms with E-state index < -0.39 is 0 Å². The van der Waals surface area contributed by atoms with Gasteiger partial charge in [-0.05, 0) is 13.3 Å². The zero-order valence-corrected chi connectivity index (χ0v) is 9.57. The molecule has 1 aromatic heterocycles. The first kappa shape index (κ1) is 10.5. The van der Waals surface area contributed by atoms with Gasteiger partial charge in [-0.1, -0.05) is 13.8 Å². The van der Waals surface area contributed by atoms with Crippen molar-refractivity contribution in [2.45, 2.75) is 45.9 Å². The van der Waals surface area contributed by atoms with Crippen LogP contribution in [-0.2, 0) is 6.54 Å². The SMILES string of the molecule is CCn1ccnc1NC1CC(O)C1(C)C. The van der Waals surface area contributed by atoms with Crippen molar-refractivity contribution in [1.29, 1.82) is 0 Å². The lowest BCUT2D eigenvalue weighted by molar-refractivity contribution is -0.0513. The molecule has 2 atom stereocenters. The van der Waals surface area contributed by atoms with Crippen molar-refractivity contribution in [3.63, 3.8) is 0 Å². The smallest absolute Gasteiger partial charge is 0.202 e. The van der Waals surface area contributed by atoms with Crippen molar-refractivity contribution in [2.24, 2.45) is 5.41 Å². The van der Waals surface area contributed by atoms with Crippen LogP contribution in [-0.4, -0.2) is 26.8 Å². The lowest BCUT2D eigenvalue weighted by Crippen LogP contribution is -2.57. The Morgan fingerprint density at radius 2 is 2.40 bits per heavy atom. The van der Waals surface area contributed by atoms with Gasteiger partial charge in [0.05, 0.1) is 6.10 Å². The average Bonchev–Trinajstić information content (AvgIpc) is 2.65. The summed E-state index contributed by atoms with van der Waals surface area (Å²) in [6.07, 6.45) is 4.38. The quantitative estimate of drug-likeness (QED) is 0.792. The summed E-state index contributed by atoms with van der Waals surface area (Å²) in [6.45, 7) is 7.17. The first-order valence-electron chi connectivity index (χ1n) is 5.51. The van der Waals surface area contributed by atoms with Gasteiger partial charge in [0.1, 0.15) is 0 Å². The summed E-state index contributed by atoms with van der Waals surface area (Å²) in [4.78, 5) is 4.27. The number of rotatable bonds is 3. The van der Waals surface area contributed by atoms with Gasteiger partial charge in [-0.25, -0.2) is 4.98 Å². The lowest BCUT2D eigenvalue weighted by atomic mass is 9.65. The maximum absolute atomic E-state index is 9.63.